The molecule has 2 nitrogen and oxygen atoms in total. The van der Waals surface area contributed by atoms with E-state index in [2.05, 4.69) is 36.5 Å². The number of unbranched alkanes of at least 4 members (excludes halogenated alkanes) is 1. The Morgan fingerprint density at radius 2 is 1.70 bits per heavy atom. The minimum atomic E-state index is 0.0343. The van der Waals surface area contributed by atoms with Crippen LogP contribution in [0.2, 0.25) is 0 Å². The summed E-state index contributed by atoms with van der Waals surface area (Å²) in [7, 11) is 0. The molecule has 0 bridgehead atoms. The van der Waals surface area contributed by atoms with Gasteiger partial charge in [-0.15, -0.1) is 0 Å². The third-order valence-corrected chi connectivity index (χ3v) is 4.88. The summed E-state index contributed by atoms with van der Waals surface area (Å²) in [5, 5.41) is 3.19. The first-order valence-corrected chi connectivity index (χ1v) is 9.42. The number of thioether (sulfide) groups is 1. The maximum Gasteiger partial charge on any atom is 0.251 e. The summed E-state index contributed by atoms with van der Waals surface area (Å²) >= 11 is 1.89. The fourth-order valence-electron chi connectivity index (χ4n) is 2.40. The lowest BCUT2D eigenvalue weighted by Gasteiger charge is -2.18. The smallest absolute Gasteiger partial charge is 0.251 e. The van der Waals surface area contributed by atoms with Crippen LogP contribution in [0.3, 0.4) is 0 Å². The van der Waals surface area contributed by atoms with Crippen LogP contribution in [-0.2, 0) is 5.75 Å². The van der Waals surface area contributed by atoms with Gasteiger partial charge in [0.1, 0.15) is 0 Å². The molecule has 0 saturated heterocycles. The van der Waals surface area contributed by atoms with Crippen molar-refractivity contribution < 1.29 is 4.79 Å². The SMILES string of the molecule is CCCCC(CSCc1ccccc1)NC(=O)c1ccccc1. The van der Waals surface area contributed by atoms with E-state index in [1.807, 2.05) is 48.2 Å². The number of amides is 1. The van der Waals surface area contributed by atoms with Crippen LogP contribution in [0.1, 0.15) is 42.1 Å². The zero-order valence-corrected chi connectivity index (χ0v) is 14.5. The summed E-state index contributed by atoms with van der Waals surface area (Å²) < 4.78 is 0. The number of nitrogens with one attached hydrogen (secondary N) is 1. The predicted molar refractivity (Wildman–Crippen MR) is 99.8 cm³/mol. The fraction of sp³-hybridized carbons (Fsp3) is 0.350. The predicted octanol–water partition coefficient (Wildman–Crippen LogP) is 4.91. The third kappa shape index (κ3) is 6.49. The molecule has 1 unspecified atom stereocenters. The zero-order valence-electron chi connectivity index (χ0n) is 13.7. The van der Waals surface area contributed by atoms with Gasteiger partial charge in [0, 0.05) is 23.1 Å². The molecule has 0 fully saturated rings. The Labute approximate surface area is 143 Å². The van der Waals surface area contributed by atoms with E-state index in [4.69, 9.17) is 0 Å². The molecular formula is C20H25NOS. The van der Waals surface area contributed by atoms with Crippen LogP contribution in [-0.4, -0.2) is 17.7 Å². The molecule has 122 valence electrons. The second kappa shape index (κ2) is 10.1. The van der Waals surface area contributed by atoms with Crippen LogP contribution < -0.4 is 5.32 Å². The van der Waals surface area contributed by atoms with Crippen LogP contribution in [0.4, 0.5) is 0 Å². The van der Waals surface area contributed by atoms with Crippen molar-refractivity contribution in [3.8, 4) is 0 Å². The zero-order chi connectivity index (χ0) is 16.3. The molecule has 0 aromatic heterocycles. The number of carbonyl (C=O) groups excluding carboxylic acids is 1. The van der Waals surface area contributed by atoms with E-state index in [0.717, 1.165) is 36.3 Å². The van der Waals surface area contributed by atoms with Gasteiger partial charge in [-0.05, 0) is 24.1 Å². The van der Waals surface area contributed by atoms with Gasteiger partial charge >= 0.3 is 0 Å². The first-order valence-electron chi connectivity index (χ1n) is 8.27. The van der Waals surface area contributed by atoms with Gasteiger partial charge in [0.25, 0.3) is 5.91 Å². The van der Waals surface area contributed by atoms with Gasteiger partial charge in [-0.25, -0.2) is 0 Å². The highest BCUT2D eigenvalue weighted by Gasteiger charge is 2.13. The number of hydrogen-bond donors (Lipinski definition) is 1. The Morgan fingerprint density at radius 3 is 2.35 bits per heavy atom. The minimum absolute atomic E-state index is 0.0343. The molecule has 23 heavy (non-hydrogen) atoms. The Kier molecular flexibility index (Phi) is 7.74. The lowest BCUT2D eigenvalue weighted by atomic mass is 10.1. The van der Waals surface area contributed by atoms with E-state index in [9.17, 15) is 4.79 Å². The molecule has 3 heteroatoms. The molecule has 0 aliphatic heterocycles. The largest absolute Gasteiger partial charge is 0.348 e. The van der Waals surface area contributed by atoms with Gasteiger partial charge in [-0.3, -0.25) is 4.79 Å². The second-order valence-electron chi connectivity index (χ2n) is 5.68. The van der Waals surface area contributed by atoms with Crippen LogP contribution >= 0.6 is 11.8 Å². The summed E-state index contributed by atoms with van der Waals surface area (Å²) in [6.45, 7) is 2.19. The maximum atomic E-state index is 12.3. The highest BCUT2D eigenvalue weighted by molar-refractivity contribution is 7.98. The normalized spacial score (nSPS) is 11.9. The average molecular weight is 327 g/mol. The molecule has 0 aliphatic rings. The monoisotopic (exact) mass is 327 g/mol. The van der Waals surface area contributed by atoms with Crippen LogP contribution in [0, 0.1) is 0 Å². The average Bonchev–Trinajstić information content (AvgIpc) is 2.61. The standard InChI is InChI=1S/C20H25NOS/c1-2-3-14-19(16-23-15-17-10-6-4-7-11-17)21-20(22)18-12-8-5-9-13-18/h4-13,19H,2-3,14-16H2,1H3,(H,21,22). The lowest BCUT2D eigenvalue weighted by molar-refractivity contribution is 0.0939. The summed E-state index contributed by atoms with van der Waals surface area (Å²) in [5.74, 6) is 1.98. The summed E-state index contributed by atoms with van der Waals surface area (Å²) in [6, 6.07) is 20.2. The first kappa shape index (κ1) is 17.6. The summed E-state index contributed by atoms with van der Waals surface area (Å²) in [5.41, 5.74) is 2.07. The summed E-state index contributed by atoms with van der Waals surface area (Å²) in [6.07, 6.45) is 3.34. The first-order chi connectivity index (χ1) is 11.3. The van der Waals surface area contributed by atoms with Gasteiger partial charge in [-0.2, -0.15) is 11.8 Å². The van der Waals surface area contributed by atoms with Gasteiger partial charge in [0.2, 0.25) is 0 Å². The molecule has 1 amide bonds. The Bertz CT molecular complexity index is 571. The molecular weight excluding hydrogens is 302 g/mol. The van der Waals surface area contributed by atoms with Crippen molar-refractivity contribution in [3.63, 3.8) is 0 Å². The van der Waals surface area contributed by atoms with Crippen LogP contribution in [0.25, 0.3) is 0 Å². The molecule has 2 aromatic rings. The third-order valence-electron chi connectivity index (χ3n) is 3.71. The topological polar surface area (TPSA) is 29.1 Å². The van der Waals surface area contributed by atoms with Gasteiger partial charge in [0.05, 0.1) is 0 Å². The molecule has 1 atom stereocenters. The molecule has 2 aromatic carbocycles. The van der Waals surface area contributed by atoms with E-state index < -0.39 is 0 Å². The van der Waals surface area contributed by atoms with Crippen LogP contribution in [0.15, 0.2) is 60.7 Å². The van der Waals surface area contributed by atoms with Crippen molar-refractivity contribution in [2.75, 3.05) is 5.75 Å². The molecule has 0 saturated carbocycles. The Balaban J connectivity index is 1.85. The van der Waals surface area contributed by atoms with Crippen molar-refractivity contribution >= 4 is 17.7 Å². The van der Waals surface area contributed by atoms with Crippen molar-refractivity contribution in [3.05, 3.63) is 71.8 Å². The van der Waals surface area contributed by atoms with Crippen LogP contribution in [0.5, 0.6) is 0 Å². The molecule has 0 heterocycles. The number of rotatable bonds is 9. The Hall–Kier alpha value is -1.74. The van der Waals surface area contributed by atoms with E-state index in [-0.39, 0.29) is 11.9 Å². The molecule has 1 N–H and O–H groups in total. The second-order valence-corrected chi connectivity index (χ2v) is 6.71. The van der Waals surface area contributed by atoms with Gasteiger partial charge in [0.15, 0.2) is 0 Å². The highest BCUT2D eigenvalue weighted by Crippen LogP contribution is 2.15. The fourth-order valence-corrected chi connectivity index (χ4v) is 3.48. The molecule has 0 aliphatic carbocycles. The van der Waals surface area contributed by atoms with Crippen molar-refractivity contribution in [1.29, 1.82) is 0 Å². The van der Waals surface area contributed by atoms with Gasteiger partial charge < -0.3 is 5.32 Å². The highest BCUT2D eigenvalue weighted by atomic mass is 32.2. The van der Waals surface area contributed by atoms with Crippen molar-refractivity contribution in [2.45, 2.75) is 38.0 Å². The molecule has 2 rings (SSSR count). The quantitative estimate of drug-likeness (QED) is 0.709. The lowest BCUT2D eigenvalue weighted by Crippen LogP contribution is -2.36. The Morgan fingerprint density at radius 1 is 1.04 bits per heavy atom. The minimum Gasteiger partial charge on any atom is -0.348 e. The van der Waals surface area contributed by atoms with Crippen molar-refractivity contribution in [2.24, 2.45) is 0 Å². The van der Waals surface area contributed by atoms with Gasteiger partial charge in [-0.1, -0.05) is 68.3 Å². The molecule has 0 spiro atoms. The van der Waals surface area contributed by atoms with E-state index in [0.29, 0.717) is 0 Å². The number of carbonyl (C=O) groups is 1. The van der Waals surface area contributed by atoms with E-state index >= 15 is 0 Å². The van der Waals surface area contributed by atoms with E-state index in [1.54, 1.807) is 0 Å². The van der Waals surface area contributed by atoms with Crippen molar-refractivity contribution in [1.82, 2.24) is 5.32 Å². The summed E-state index contributed by atoms with van der Waals surface area (Å²) in [4.78, 5) is 12.3. The maximum absolute atomic E-state index is 12.3. The number of hydrogen-bond acceptors (Lipinski definition) is 2. The van der Waals surface area contributed by atoms with E-state index in [1.165, 1.54) is 5.56 Å². The molecule has 0 radical (unpaired) electrons. The number of benzene rings is 2.